The Hall–Kier alpha value is -2.25. The fourth-order valence-electron chi connectivity index (χ4n) is 2.70. The lowest BCUT2D eigenvalue weighted by molar-refractivity contribution is 0.0303. The van der Waals surface area contributed by atoms with Gasteiger partial charge in [-0.15, -0.1) is 11.3 Å². The monoisotopic (exact) mass is 359 g/mol. The van der Waals surface area contributed by atoms with Crippen LogP contribution < -0.4 is 5.32 Å². The van der Waals surface area contributed by atoms with E-state index in [9.17, 15) is 9.59 Å². The molecule has 132 valence electrons. The molecule has 0 radical (unpaired) electrons. The summed E-state index contributed by atoms with van der Waals surface area (Å²) in [7, 11) is 0. The Bertz CT molecular complexity index is 710. The minimum absolute atomic E-state index is 0.0236. The van der Waals surface area contributed by atoms with Crippen LogP contribution in [0.1, 0.15) is 45.1 Å². The number of hydrogen-bond donors (Lipinski definition) is 1. The SMILES string of the molecule is CCC(NC(=O)c1ccc(C(=O)N2CCOCC2)cc1)c1nccs1. The van der Waals surface area contributed by atoms with Crippen LogP contribution in [0, 0.1) is 0 Å². The zero-order valence-corrected chi connectivity index (χ0v) is 14.9. The van der Waals surface area contributed by atoms with E-state index in [0.717, 1.165) is 11.4 Å². The van der Waals surface area contributed by atoms with E-state index in [1.807, 2.05) is 12.3 Å². The number of aromatic nitrogens is 1. The lowest BCUT2D eigenvalue weighted by atomic mass is 10.1. The van der Waals surface area contributed by atoms with Gasteiger partial charge in [-0.2, -0.15) is 0 Å². The molecule has 0 aliphatic carbocycles. The summed E-state index contributed by atoms with van der Waals surface area (Å²) in [5.41, 5.74) is 1.12. The van der Waals surface area contributed by atoms with Gasteiger partial charge in [-0.05, 0) is 30.7 Å². The number of morpholine rings is 1. The van der Waals surface area contributed by atoms with Gasteiger partial charge in [0.25, 0.3) is 11.8 Å². The van der Waals surface area contributed by atoms with Crippen LogP contribution in [-0.2, 0) is 4.74 Å². The van der Waals surface area contributed by atoms with E-state index in [4.69, 9.17) is 4.74 Å². The molecule has 1 atom stereocenters. The van der Waals surface area contributed by atoms with Crippen LogP contribution in [0.3, 0.4) is 0 Å². The number of carbonyl (C=O) groups is 2. The fourth-order valence-corrected chi connectivity index (χ4v) is 3.47. The van der Waals surface area contributed by atoms with Crippen LogP contribution in [0.25, 0.3) is 0 Å². The minimum atomic E-state index is -0.160. The van der Waals surface area contributed by atoms with Crippen molar-refractivity contribution >= 4 is 23.2 Å². The molecule has 3 rings (SSSR count). The number of nitrogens with zero attached hydrogens (tertiary/aromatic N) is 2. The summed E-state index contributed by atoms with van der Waals surface area (Å²) < 4.78 is 5.26. The Labute approximate surface area is 150 Å². The summed E-state index contributed by atoms with van der Waals surface area (Å²) in [6.45, 7) is 4.36. The predicted octanol–water partition coefficient (Wildman–Crippen LogP) is 2.50. The first-order valence-corrected chi connectivity index (χ1v) is 9.24. The van der Waals surface area contributed by atoms with E-state index in [1.54, 1.807) is 35.4 Å². The third-order valence-electron chi connectivity index (χ3n) is 4.16. The molecule has 1 unspecified atom stereocenters. The standard InChI is InChI=1S/C18H21N3O3S/c1-2-15(17-19-7-12-25-17)20-16(22)13-3-5-14(6-4-13)18(23)21-8-10-24-11-9-21/h3-7,12,15H,2,8-11H2,1H3,(H,20,22). The minimum Gasteiger partial charge on any atom is -0.378 e. The molecule has 0 spiro atoms. The summed E-state index contributed by atoms with van der Waals surface area (Å²) >= 11 is 1.53. The second-order valence-electron chi connectivity index (χ2n) is 5.79. The molecule has 1 saturated heterocycles. The van der Waals surface area contributed by atoms with Gasteiger partial charge in [-0.3, -0.25) is 9.59 Å². The highest BCUT2D eigenvalue weighted by Gasteiger charge is 2.20. The number of ether oxygens (including phenoxy) is 1. The first-order chi connectivity index (χ1) is 12.2. The van der Waals surface area contributed by atoms with Crippen molar-refractivity contribution in [3.8, 4) is 0 Å². The number of thiazole rings is 1. The summed E-state index contributed by atoms with van der Waals surface area (Å²) in [5.74, 6) is -0.183. The van der Waals surface area contributed by atoms with E-state index >= 15 is 0 Å². The van der Waals surface area contributed by atoms with Crippen molar-refractivity contribution in [1.29, 1.82) is 0 Å². The molecule has 2 amide bonds. The van der Waals surface area contributed by atoms with E-state index in [2.05, 4.69) is 10.3 Å². The second kappa shape index (κ2) is 8.22. The molecule has 1 aliphatic rings. The maximum absolute atomic E-state index is 12.4. The van der Waals surface area contributed by atoms with Crippen molar-refractivity contribution in [2.45, 2.75) is 19.4 Å². The number of carbonyl (C=O) groups excluding carboxylic acids is 2. The Morgan fingerprint density at radius 3 is 2.52 bits per heavy atom. The van der Waals surface area contributed by atoms with E-state index in [0.29, 0.717) is 37.4 Å². The number of rotatable bonds is 5. The first kappa shape index (κ1) is 17.6. The molecule has 1 aromatic heterocycles. The first-order valence-electron chi connectivity index (χ1n) is 8.36. The summed E-state index contributed by atoms with van der Waals surface area (Å²) in [4.78, 5) is 30.9. The highest BCUT2D eigenvalue weighted by molar-refractivity contribution is 7.09. The molecule has 7 heteroatoms. The Balaban J connectivity index is 1.65. The number of hydrogen-bond acceptors (Lipinski definition) is 5. The third kappa shape index (κ3) is 4.24. The Morgan fingerprint density at radius 1 is 1.24 bits per heavy atom. The zero-order chi connectivity index (χ0) is 17.6. The molecule has 1 aromatic carbocycles. The second-order valence-corrected chi connectivity index (χ2v) is 6.71. The molecule has 0 saturated carbocycles. The van der Waals surface area contributed by atoms with Crippen molar-refractivity contribution < 1.29 is 14.3 Å². The van der Waals surface area contributed by atoms with Crippen LogP contribution in [0.5, 0.6) is 0 Å². The fraction of sp³-hybridized carbons (Fsp3) is 0.389. The zero-order valence-electron chi connectivity index (χ0n) is 14.1. The maximum atomic E-state index is 12.4. The van der Waals surface area contributed by atoms with Crippen LogP contribution in [0.4, 0.5) is 0 Å². The molecule has 1 fully saturated rings. The van der Waals surface area contributed by atoms with E-state index in [1.165, 1.54) is 11.3 Å². The molecule has 25 heavy (non-hydrogen) atoms. The normalized spacial score (nSPS) is 15.6. The molecule has 2 heterocycles. The largest absolute Gasteiger partial charge is 0.378 e. The maximum Gasteiger partial charge on any atom is 0.254 e. The molecular weight excluding hydrogens is 338 g/mol. The Kier molecular flexibility index (Phi) is 5.78. The topological polar surface area (TPSA) is 71.5 Å². The van der Waals surface area contributed by atoms with Gasteiger partial charge in [0.2, 0.25) is 0 Å². The smallest absolute Gasteiger partial charge is 0.254 e. The van der Waals surface area contributed by atoms with Gasteiger partial charge in [0, 0.05) is 35.8 Å². The van der Waals surface area contributed by atoms with Crippen molar-refractivity contribution in [2.75, 3.05) is 26.3 Å². The summed E-state index contributed by atoms with van der Waals surface area (Å²) in [6.07, 6.45) is 2.51. The Morgan fingerprint density at radius 2 is 1.92 bits per heavy atom. The quantitative estimate of drug-likeness (QED) is 0.890. The molecule has 6 nitrogen and oxygen atoms in total. The molecule has 0 bridgehead atoms. The number of nitrogens with one attached hydrogen (secondary N) is 1. The van der Waals surface area contributed by atoms with Gasteiger partial charge >= 0.3 is 0 Å². The van der Waals surface area contributed by atoms with Crippen LogP contribution >= 0.6 is 11.3 Å². The van der Waals surface area contributed by atoms with Crippen LogP contribution in [0.15, 0.2) is 35.8 Å². The average molecular weight is 359 g/mol. The molecule has 1 N–H and O–H groups in total. The van der Waals surface area contributed by atoms with Crippen molar-refractivity contribution in [3.63, 3.8) is 0 Å². The van der Waals surface area contributed by atoms with Crippen molar-refractivity contribution in [2.24, 2.45) is 0 Å². The van der Waals surface area contributed by atoms with Gasteiger partial charge in [-0.1, -0.05) is 6.92 Å². The number of benzene rings is 1. The summed E-state index contributed by atoms with van der Waals surface area (Å²) in [6, 6.07) is 6.70. The number of amides is 2. The van der Waals surface area contributed by atoms with Crippen LogP contribution in [0.2, 0.25) is 0 Å². The molecule has 1 aliphatic heterocycles. The van der Waals surface area contributed by atoms with Gasteiger partial charge in [0.05, 0.1) is 19.3 Å². The molecule has 2 aromatic rings. The van der Waals surface area contributed by atoms with Gasteiger partial charge in [0.1, 0.15) is 5.01 Å². The van der Waals surface area contributed by atoms with Crippen molar-refractivity contribution in [1.82, 2.24) is 15.2 Å². The third-order valence-corrected chi connectivity index (χ3v) is 5.04. The van der Waals surface area contributed by atoms with E-state index < -0.39 is 0 Å². The summed E-state index contributed by atoms with van der Waals surface area (Å²) in [5, 5.41) is 5.79. The van der Waals surface area contributed by atoms with Gasteiger partial charge in [-0.25, -0.2) is 4.98 Å². The lowest BCUT2D eigenvalue weighted by Gasteiger charge is -2.26. The lowest BCUT2D eigenvalue weighted by Crippen LogP contribution is -2.40. The highest BCUT2D eigenvalue weighted by atomic mass is 32.1. The predicted molar refractivity (Wildman–Crippen MR) is 95.8 cm³/mol. The van der Waals surface area contributed by atoms with Gasteiger partial charge < -0.3 is 15.0 Å². The van der Waals surface area contributed by atoms with Crippen molar-refractivity contribution in [3.05, 3.63) is 52.0 Å². The average Bonchev–Trinajstić information content (AvgIpc) is 3.20. The van der Waals surface area contributed by atoms with E-state index in [-0.39, 0.29) is 17.9 Å². The van der Waals surface area contributed by atoms with Crippen LogP contribution in [-0.4, -0.2) is 48.0 Å². The highest BCUT2D eigenvalue weighted by Crippen LogP contribution is 2.19. The molecular formula is C18H21N3O3S. The van der Waals surface area contributed by atoms with Gasteiger partial charge in [0.15, 0.2) is 0 Å².